The van der Waals surface area contributed by atoms with Crippen molar-refractivity contribution in [1.82, 2.24) is 10.2 Å². The van der Waals surface area contributed by atoms with E-state index in [2.05, 4.69) is 42.4 Å². The van der Waals surface area contributed by atoms with Gasteiger partial charge in [-0.2, -0.15) is 0 Å². The molecule has 1 N–H and O–H groups in total. The van der Waals surface area contributed by atoms with Gasteiger partial charge in [0.2, 0.25) is 0 Å². The summed E-state index contributed by atoms with van der Waals surface area (Å²) in [7, 11) is 2.20. The minimum Gasteiger partial charge on any atom is -0.492 e. The minimum atomic E-state index is 0.770. The molecule has 1 aliphatic rings. The van der Waals surface area contributed by atoms with E-state index in [1.165, 1.54) is 31.4 Å². The van der Waals surface area contributed by atoms with Crippen LogP contribution in [0.2, 0.25) is 0 Å². The van der Waals surface area contributed by atoms with Crippen LogP contribution in [0.5, 0.6) is 5.75 Å². The summed E-state index contributed by atoms with van der Waals surface area (Å²) in [5.74, 6) is 1.95. The maximum absolute atomic E-state index is 5.96. The lowest BCUT2D eigenvalue weighted by molar-refractivity contribution is 0.177. The van der Waals surface area contributed by atoms with Gasteiger partial charge < -0.3 is 15.0 Å². The van der Waals surface area contributed by atoms with E-state index in [9.17, 15) is 0 Å². The van der Waals surface area contributed by atoms with Crippen LogP contribution in [0.25, 0.3) is 0 Å². The predicted octanol–water partition coefficient (Wildman–Crippen LogP) is 2.91. The van der Waals surface area contributed by atoms with Crippen LogP contribution in [-0.2, 0) is 6.54 Å². The zero-order valence-corrected chi connectivity index (χ0v) is 12.9. The normalized spacial score (nSPS) is 15.3. The molecule has 0 aliphatic heterocycles. The molecular formula is C17H28N2O. The van der Waals surface area contributed by atoms with Gasteiger partial charge in [-0.15, -0.1) is 0 Å². The molecule has 0 spiro atoms. The Bertz CT molecular complexity index is 390. The molecule has 3 heteroatoms. The molecule has 0 aromatic heterocycles. The molecule has 0 heterocycles. The van der Waals surface area contributed by atoms with E-state index in [-0.39, 0.29) is 0 Å². The molecule has 3 nitrogen and oxygen atoms in total. The first kappa shape index (κ1) is 15.3. The highest BCUT2D eigenvalue weighted by Gasteiger charge is 2.18. The summed E-state index contributed by atoms with van der Waals surface area (Å²) in [5, 5.41) is 3.36. The van der Waals surface area contributed by atoms with Crippen LogP contribution >= 0.6 is 0 Å². The van der Waals surface area contributed by atoms with E-state index in [4.69, 9.17) is 4.74 Å². The number of ether oxygens (including phenoxy) is 1. The maximum atomic E-state index is 5.96. The summed E-state index contributed by atoms with van der Waals surface area (Å²) in [6.45, 7) is 6.99. The highest BCUT2D eigenvalue weighted by atomic mass is 16.5. The lowest BCUT2D eigenvalue weighted by Crippen LogP contribution is -2.32. The van der Waals surface area contributed by atoms with Crippen LogP contribution in [-0.4, -0.2) is 38.2 Å². The zero-order chi connectivity index (χ0) is 14.2. The summed E-state index contributed by atoms with van der Waals surface area (Å²) in [6.07, 6.45) is 4.25. The SMILES string of the molecule is CCNCc1ccccc1OCCN(C)CC1CCC1. The van der Waals surface area contributed by atoms with Gasteiger partial charge in [0.1, 0.15) is 12.4 Å². The number of nitrogens with zero attached hydrogens (tertiary/aromatic N) is 1. The molecule has 20 heavy (non-hydrogen) atoms. The van der Waals surface area contributed by atoms with E-state index in [1.807, 2.05) is 6.07 Å². The van der Waals surface area contributed by atoms with Crippen molar-refractivity contribution < 1.29 is 4.74 Å². The smallest absolute Gasteiger partial charge is 0.123 e. The standard InChI is InChI=1S/C17H28N2O/c1-3-18-13-16-9-4-5-10-17(16)20-12-11-19(2)14-15-7-6-8-15/h4-5,9-10,15,18H,3,6-8,11-14H2,1-2H3. The van der Waals surface area contributed by atoms with Gasteiger partial charge in [0.05, 0.1) is 0 Å². The summed E-state index contributed by atoms with van der Waals surface area (Å²) in [6, 6.07) is 8.32. The fraction of sp³-hybridized carbons (Fsp3) is 0.647. The van der Waals surface area contributed by atoms with Crippen molar-refractivity contribution in [3.8, 4) is 5.75 Å². The summed E-state index contributed by atoms with van der Waals surface area (Å²) >= 11 is 0. The van der Waals surface area contributed by atoms with Gasteiger partial charge in [0.25, 0.3) is 0 Å². The van der Waals surface area contributed by atoms with Crippen molar-refractivity contribution in [2.24, 2.45) is 5.92 Å². The highest BCUT2D eigenvalue weighted by Crippen LogP contribution is 2.26. The number of hydrogen-bond donors (Lipinski definition) is 1. The van der Waals surface area contributed by atoms with Crippen LogP contribution in [0.15, 0.2) is 24.3 Å². The van der Waals surface area contributed by atoms with Crippen LogP contribution in [0.3, 0.4) is 0 Å². The topological polar surface area (TPSA) is 24.5 Å². The van der Waals surface area contributed by atoms with E-state index in [0.29, 0.717) is 0 Å². The van der Waals surface area contributed by atoms with Gasteiger partial charge in [0.15, 0.2) is 0 Å². The summed E-state index contributed by atoms with van der Waals surface area (Å²) < 4.78 is 5.96. The van der Waals surface area contributed by atoms with E-state index in [0.717, 1.165) is 37.9 Å². The fourth-order valence-corrected chi connectivity index (χ4v) is 2.57. The molecule has 1 fully saturated rings. The Morgan fingerprint density at radius 1 is 1.30 bits per heavy atom. The number of hydrogen-bond acceptors (Lipinski definition) is 3. The van der Waals surface area contributed by atoms with Gasteiger partial charge in [0, 0.05) is 25.2 Å². The molecule has 1 aromatic rings. The van der Waals surface area contributed by atoms with Crippen LogP contribution in [0.1, 0.15) is 31.7 Å². The lowest BCUT2D eigenvalue weighted by atomic mass is 9.85. The Kier molecular flexibility index (Phi) is 6.34. The number of para-hydroxylation sites is 1. The second-order valence-electron chi connectivity index (χ2n) is 5.80. The van der Waals surface area contributed by atoms with Gasteiger partial charge >= 0.3 is 0 Å². The van der Waals surface area contributed by atoms with E-state index in [1.54, 1.807) is 0 Å². The molecule has 112 valence electrons. The average Bonchev–Trinajstić information content (AvgIpc) is 2.42. The maximum Gasteiger partial charge on any atom is 0.123 e. The molecule has 0 unspecified atom stereocenters. The average molecular weight is 276 g/mol. The zero-order valence-electron chi connectivity index (χ0n) is 12.9. The third-order valence-corrected chi connectivity index (χ3v) is 4.06. The first-order chi connectivity index (χ1) is 9.79. The Labute approximate surface area is 123 Å². The number of nitrogens with one attached hydrogen (secondary N) is 1. The molecule has 1 aromatic carbocycles. The van der Waals surface area contributed by atoms with Gasteiger partial charge in [-0.3, -0.25) is 0 Å². The van der Waals surface area contributed by atoms with Crippen LogP contribution < -0.4 is 10.1 Å². The first-order valence-corrected chi connectivity index (χ1v) is 7.89. The molecule has 0 amide bonds. The Balaban J connectivity index is 1.72. The third-order valence-electron chi connectivity index (χ3n) is 4.06. The molecule has 0 saturated heterocycles. The molecule has 0 bridgehead atoms. The van der Waals surface area contributed by atoms with Crippen molar-refractivity contribution in [2.75, 3.05) is 33.3 Å². The molecular weight excluding hydrogens is 248 g/mol. The van der Waals surface area contributed by atoms with Crippen molar-refractivity contribution in [3.63, 3.8) is 0 Å². The van der Waals surface area contributed by atoms with E-state index >= 15 is 0 Å². The number of rotatable bonds is 9. The minimum absolute atomic E-state index is 0.770. The molecule has 0 atom stereocenters. The van der Waals surface area contributed by atoms with Crippen molar-refractivity contribution in [1.29, 1.82) is 0 Å². The quantitative estimate of drug-likeness (QED) is 0.750. The summed E-state index contributed by atoms with van der Waals surface area (Å²) in [4.78, 5) is 2.40. The van der Waals surface area contributed by atoms with Gasteiger partial charge in [-0.1, -0.05) is 31.5 Å². The molecule has 1 saturated carbocycles. The largest absolute Gasteiger partial charge is 0.492 e. The van der Waals surface area contributed by atoms with E-state index < -0.39 is 0 Å². The molecule has 0 radical (unpaired) electrons. The van der Waals surface area contributed by atoms with Crippen molar-refractivity contribution in [3.05, 3.63) is 29.8 Å². The second kappa shape index (κ2) is 8.28. The Morgan fingerprint density at radius 2 is 2.10 bits per heavy atom. The van der Waals surface area contributed by atoms with Crippen molar-refractivity contribution in [2.45, 2.75) is 32.7 Å². The first-order valence-electron chi connectivity index (χ1n) is 7.89. The van der Waals surface area contributed by atoms with Crippen LogP contribution in [0, 0.1) is 5.92 Å². The van der Waals surface area contributed by atoms with Crippen LogP contribution in [0.4, 0.5) is 0 Å². The summed E-state index contributed by atoms with van der Waals surface area (Å²) in [5.41, 5.74) is 1.25. The lowest BCUT2D eigenvalue weighted by Gasteiger charge is -2.30. The molecule has 1 aliphatic carbocycles. The van der Waals surface area contributed by atoms with Crippen molar-refractivity contribution >= 4 is 0 Å². The highest BCUT2D eigenvalue weighted by molar-refractivity contribution is 5.33. The second-order valence-corrected chi connectivity index (χ2v) is 5.80. The monoisotopic (exact) mass is 276 g/mol. The predicted molar refractivity (Wildman–Crippen MR) is 84.2 cm³/mol. The number of benzene rings is 1. The van der Waals surface area contributed by atoms with Gasteiger partial charge in [-0.25, -0.2) is 0 Å². The molecule has 2 rings (SSSR count). The van der Waals surface area contributed by atoms with Gasteiger partial charge in [-0.05, 0) is 38.4 Å². The Morgan fingerprint density at radius 3 is 2.80 bits per heavy atom. The third kappa shape index (κ3) is 4.80. The Hall–Kier alpha value is -1.06. The number of likely N-dealkylation sites (N-methyl/N-ethyl adjacent to an activating group) is 1. The fourth-order valence-electron chi connectivity index (χ4n) is 2.57.